The number of carbonyl (C=O) groups is 1. The van der Waals surface area contributed by atoms with E-state index in [1.807, 2.05) is 41.8 Å². The quantitative estimate of drug-likeness (QED) is 0.456. The first-order chi connectivity index (χ1) is 15.0. The fourth-order valence-electron chi connectivity index (χ4n) is 3.47. The van der Waals surface area contributed by atoms with Gasteiger partial charge in [-0.2, -0.15) is 0 Å². The molecule has 0 saturated heterocycles. The number of benzene rings is 1. The highest BCUT2D eigenvalue weighted by Gasteiger charge is 2.17. The molecule has 0 saturated carbocycles. The number of nitrogens with zero attached hydrogens (tertiary/aromatic N) is 2. The minimum absolute atomic E-state index is 0.0552. The molecule has 0 aliphatic rings. The van der Waals surface area contributed by atoms with Crippen LogP contribution in [0.5, 0.6) is 0 Å². The summed E-state index contributed by atoms with van der Waals surface area (Å²) in [5.41, 5.74) is 3.71. The van der Waals surface area contributed by atoms with E-state index in [0.29, 0.717) is 24.1 Å². The van der Waals surface area contributed by atoms with Gasteiger partial charge in [0.1, 0.15) is 11.3 Å². The zero-order chi connectivity index (χ0) is 22.6. The molecule has 0 bridgehead atoms. The van der Waals surface area contributed by atoms with Crippen molar-refractivity contribution in [2.24, 2.45) is 5.92 Å². The molecule has 2 heterocycles. The van der Waals surface area contributed by atoms with Crippen molar-refractivity contribution >= 4 is 11.6 Å². The molecule has 0 radical (unpaired) electrons. The van der Waals surface area contributed by atoms with E-state index in [1.165, 1.54) is 11.8 Å². The molecule has 1 N–H and O–H groups in total. The largest absolute Gasteiger partial charge is 0.502 e. The number of carbonyl (C=O) groups excluding carboxylic acids is 1. The number of hydrogen-bond donors (Lipinski definition) is 1. The van der Waals surface area contributed by atoms with Gasteiger partial charge >= 0.3 is 0 Å². The van der Waals surface area contributed by atoms with E-state index in [9.17, 15) is 4.79 Å². The van der Waals surface area contributed by atoms with Gasteiger partial charge < -0.3 is 10.1 Å². The Morgan fingerprint density at radius 3 is 2.48 bits per heavy atom. The molecule has 1 aromatic carbocycles. The lowest BCUT2D eigenvalue weighted by atomic mass is 9.90. The number of imidazole rings is 1. The van der Waals surface area contributed by atoms with Crippen molar-refractivity contribution < 1.29 is 9.53 Å². The maximum Gasteiger partial charge on any atom is 0.268 e. The average Bonchev–Trinajstić information content (AvgIpc) is 3.21. The molecule has 2 aromatic heterocycles. The first kappa shape index (κ1) is 24.2. The molecular formula is C26H35N3O2. The Hall–Kier alpha value is -3.08. The SMILES string of the molecule is C=COCC.CCc1cn2c(C(=O)NCC(CC(C)C)c3ccccc3)cccc2n1. The van der Waals surface area contributed by atoms with Crippen molar-refractivity contribution in [2.45, 2.75) is 46.5 Å². The van der Waals surface area contributed by atoms with E-state index in [-0.39, 0.29) is 5.91 Å². The van der Waals surface area contributed by atoms with Crippen LogP contribution in [0.15, 0.2) is 67.6 Å². The Balaban J connectivity index is 0.000000614. The molecule has 0 aliphatic heterocycles. The highest BCUT2D eigenvalue weighted by molar-refractivity contribution is 5.93. The number of hydrogen-bond acceptors (Lipinski definition) is 3. The molecule has 0 spiro atoms. The van der Waals surface area contributed by atoms with Gasteiger partial charge in [-0.1, -0.05) is 63.7 Å². The average molecular weight is 422 g/mol. The van der Waals surface area contributed by atoms with E-state index in [2.05, 4.69) is 66.7 Å². The number of aromatic nitrogens is 2. The zero-order valence-electron chi connectivity index (χ0n) is 19.2. The Bertz CT molecular complexity index is 948. The van der Waals surface area contributed by atoms with Gasteiger partial charge in [0.05, 0.1) is 18.6 Å². The van der Waals surface area contributed by atoms with Crippen LogP contribution in [-0.4, -0.2) is 28.4 Å². The summed E-state index contributed by atoms with van der Waals surface area (Å²) in [4.78, 5) is 17.4. The normalized spacial score (nSPS) is 11.5. The zero-order valence-corrected chi connectivity index (χ0v) is 19.2. The number of ether oxygens (including phenoxy) is 1. The summed E-state index contributed by atoms with van der Waals surface area (Å²) in [6, 6.07) is 16.1. The van der Waals surface area contributed by atoms with Crippen LogP contribution in [0, 0.1) is 5.92 Å². The lowest BCUT2D eigenvalue weighted by Gasteiger charge is -2.20. The van der Waals surface area contributed by atoms with Crippen LogP contribution in [0.1, 0.15) is 61.8 Å². The summed E-state index contributed by atoms with van der Waals surface area (Å²) < 4.78 is 6.48. The second-order valence-electron chi connectivity index (χ2n) is 7.79. The van der Waals surface area contributed by atoms with Gasteiger partial charge in [0.15, 0.2) is 0 Å². The van der Waals surface area contributed by atoms with Crippen molar-refractivity contribution in [3.05, 3.63) is 84.5 Å². The van der Waals surface area contributed by atoms with Gasteiger partial charge in [0.25, 0.3) is 5.91 Å². The molecule has 5 heteroatoms. The van der Waals surface area contributed by atoms with Crippen LogP contribution in [-0.2, 0) is 11.2 Å². The van der Waals surface area contributed by atoms with Crippen LogP contribution in [0.2, 0.25) is 0 Å². The van der Waals surface area contributed by atoms with Crippen molar-refractivity contribution in [1.82, 2.24) is 14.7 Å². The summed E-state index contributed by atoms with van der Waals surface area (Å²) in [5, 5.41) is 3.13. The highest BCUT2D eigenvalue weighted by atomic mass is 16.5. The van der Waals surface area contributed by atoms with Gasteiger partial charge in [-0.3, -0.25) is 9.20 Å². The molecule has 0 fully saturated rings. The first-order valence-corrected chi connectivity index (χ1v) is 11.0. The lowest BCUT2D eigenvalue weighted by molar-refractivity contribution is 0.0943. The summed E-state index contributed by atoms with van der Waals surface area (Å²) in [7, 11) is 0. The van der Waals surface area contributed by atoms with Crippen molar-refractivity contribution in [2.75, 3.05) is 13.2 Å². The van der Waals surface area contributed by atoms with Crippen LogP contribution >= 0.6 is 0 Å². The van der Waals surface area contributed by atoms with Gasteiger partial charge in [-0.15, -0.1) is 0 Å². The molecular weight excluding hydrogens is 386 g/mol. The Morgan fingerprint density at radius 2 is 1.90 bits per heavy atom. The molecule has 1 amide bonds. The van der Waals surface area contributed by atoms with Crippen LogP contribution in [0.4, 0.5) is 0 Å². The van der Waals surface area contributed by atoms with Crippen LogP contribution < -0.4 is 5.32 Å². The van der Waals surface area contributed by atoms with E-state index in [4.69, 9.17) is 0 Å². The second-order valence-corrected chi connectivity index (χ2v) is 7.79. The monoisotopic (exact) mass is 421 g/mol. The summed E-state index contributed by atoms with van der Waals surface area (Å²) >= 11 is 0. The Morgan fingerprint density at radius 1 is 1.16 bits per heavy atom. The fourth-order valence-corrected chi connectivity index (χ4v) is 3.47. The molecule has 0 aliphatic carbocycles. The Kier molecular flexibility index (Phi) is 9.82. The maximum absolute atomic E-state index is 12.8. The van der Waals surface area contributed by atoms with Gasteiger partial charge in [0, 0.05) is 18.7 Å². The van der Waals surface area contributed by atoms with Crippen molar-refractivity contribution in [3.63, 3.8) is 0 Å². The molecule has 3 rings (SSSR count). The third-order valence-electron chi connectivity index (χ3n) is 4.96. The smallest absolute Gasteiger partial charge is 0.268 e. The van der Waals surface area contributed by atoms with E-state index >= 15 is 0 Å². The number of fused-ring (bicyclic) bond motifs is 1. The number of rotatable bonds is 9. The van der Waals surface area contributed by atoms with Gasteiger partial charge in [-0.25, -0.2) is 4.98 Å². The maximum atomic E-state index is 12.8. The second kappa shape index (κ2) is 12.6. The summed E-state index contributed by atoms with van der Waals surface area (Å²) in [6.07, 6.45) is 5.28. The number of aryl methyl sites for hydroxylation is 1. The van der Waals surface area contributed by atoms with Crippen molar-refractivity contribution in [3.8, 4) is 0 Å². The summed E-state index contributed by atoms with van der Waals surface area (Å²) in [5.74, 6) is 0.829. The number of pyridine rings is 1. The predicted molar refractivity (Wildman–Crippen MR) is 127 cm³/mol. The highest BCUT2D eigenvalue weighted by Crippen LogP contribution is 2.23. The molecule has 3 aromatic rings. The standard InChI is InChI=1S/C22H27N3O.C4H8O/c1-4-19-15-25-20(11-8-12-21(25)24-19)22(26)23-14-18(13-16(2)3)17-9-6-5-7-10-17;1-3-5-4-2/h5-12,15-16,18H,4,13-14H2,1-3H3,(H,23,26);3H,1,4H2,2H3. The van der Waals surface area contributed by atoms with E-state index in [1.54, 1.807) is 0 Å². The molecule has 5 nitrogen and oxygen atoms in total. The lowest BCUT2D eigenvalue weighted by Crippen LogP contribution is -2.30. The molecule has 166 valence electrons. The fraction of sp³-hybridized carbons (Fsp3) is 0.385. The summed E-state index contributed by atoms with van der Waals surface area (Å²) in [6.45, 7) is 13.1. The van der Waals surface area contributed by atoms with Gasteiger partial charge in [-0.05, 0) is 43.4 Å². The van der Waals surface area contributed by atoms with Gasteiger partial charge in [0.2, 0.25) is 0 Å². The Labute approximate surface area is 186 Å². The third kappa shape index (κ3) is 7.28. The van der Waals surface area contributed by atoms with E-state index in [0.717, 1.165) is 30.8 Å². The van der Waals surface area contributed by atoms with Crippen LogP contribution in [0.25, 0.3) is 5.65 Å². The number of amides is 1. The minimum Gasteiger partial charge on any atom is -0.502 e. The van der Waals surface area contributed by atoms with Crippen LogP contribution in [0.3, 0.4) is 0 Å². The topological polar surface area (TPSA) is 55.6 Å². The third-order valence-corrected chi connectivity index (χ3v) is 4.96. The van der Waals surface area contributed by atoms with Crippen molar-refractivity contribution in [1.29, 1.82) is 0 Å². The number of nitrogens with one attached hydrogen (secondary N) is 1. The predicted octanol–water partition coefficient (Wildman–Crippen LogP) is 5.62. The molecule has 1 unspecified atom stereocenters. The minimum atomic E-state index is -0.0552. The first-order valence-electron chi connectivity index (χ1n) is 11.0. The van der Waals surface area contributed by atoms with E-state index < -0.39 is 0 Å². The molecule has 31 heavy (non-hydrogen) atoms. The molecule has 1 atom stereocenters.